The zero-order chi connectivity index (χ0) is 14.5. The van der Waals surface area contributed by atoms with E-state index in [-0.39, 0.29) is 11.8 Å². The number of amides is 2. The second-order valence-electron chi connectivity index (χ2n) is 4.55. The van der Waals surface area contributed by atoms with E-state index < -0.39 is 0 Å². The Balaban J connectivity index is 1.88. The summed E-state index contributed by atoms with van der Waals surface area (Å²) in [5, 5.41) is 5.49. The summed E-state index contributed by atoms with van der Waals surface area (Å²) in [7, 11) is 1.93. The minimum atomic E-state index is -0.276. The molecule has 0 spiro atoms. The first-order valence-corrected chi connectivity index (χ1v) is 6.32. The van der Waals surface area contributed by atoms with Crippen LogP contribution in [-0.2, 0) is 13.6 Å². The van der Waals surface area contributed by atoms with Gasteiger partial charge in [-0.1, -0.05) is 0 Å². The Morgan fingerprint density at radius 3 is 2.40 bits per heavy atom. The van der Waals surface area contributed by atoms with Crippen molar-refractivity contribution in [1.82, 2.24) is 9.88 Å². The second kappa shape index (κ2) is 6.06. The van der Waals surface area contributed by atoms with Gasteiger partial charge in [0.2, 0.25) is 0 Å². The van der Waals surface area contributed by atoms with Crippen molar-refractivity contribution in [3.05, 3.63) is 53.9 Å². The van der Waals surface area contributed by atoms with Crippen LogP contribution in [0.2, 0.25) is 0 Å². The van der Waals surface area contributed by atoms with Gasteiger partial charge in [-0.15, -0.1) is 0 Å². The predicted molar refractivity (Wildman–Crippen MR) is 77.7 cm³/mol. The van der Waals surface area contributed by atoms with E-state index in [9.17, 15) is 9.59 Å². The zero-order valence-electron chi connectivity index (χ0n) is 11.5. The van der Waals surface area contributed by atoms with E-state index in [2.05, 4.69) is 10.6 Å². The molecule has 5 heteroatoms. The summed E-state index contributed by atoms with van der Waals surface area (Å²) in [5.74, 6) is 0.00436. The van der Waals surface area contributed by atoms with Crippen LogP contribution in [0.15, 0.2) is 42.6 Å². The lowest BCUT2D eigenvalue weighted by Crippen LogP contribution is -2.28. The molecule has 0 bridgehead atoms. The van der Waals surface area contributed by atoms with Crippen molar-refractivity contribution in [2.45, 2.75) is 13.5 Å². The van der Waals surface area contributed by atoms with Crippen LogP contribution in [0.4, 0.5) is 10.5 Å². The third kappa shape index (κ3) is 3.47. The molecule has 20 heavy (non-hydrogen) atoms. The molecular weight excluding hydrogens is 254 g/mol. The summed E-state index contributed by atoms with van der Waals surface area (Å²) in [6, 6.07) is 10.4. The van der Waals surface area contributed by atoms with Gasteiger partial charge in [0.1, 0.15) is 0 Å². The van der Waals surface area contributed by atoms with Gasteiger partial charge in [-0.25, -0.2) is 4.79 Å². The first-order valence-electron chi connectivity index (χ1n) is 6.32. The van der Waals surface area contributed by atoms with E-state index in [4.69, 9.17) is 0 Å². The van der Waals surface area contributed by atoms with Gasteiger partial charge >= 0.3 is 6.03 Å². The summed E-state index contributed by atoms with van der Waals surface area (Å²) >= 11 is 0. The fourth-order valence-corrected chi connectivity index (χ4v) is 1.81. The normalized spacial score (nSPS) is 10.1. The number of nitrogens with zero attached hydrogens (tertiary/aromatic N) is 1. The lowest BCUT2D eigenvalue weighted by molar-refractivity contribution is 0.101. The van der Waals surface area contributed by atoms with Crippen molar-refractivity contribution in [3.8, 4) is 0 Å². The fourth-order valence-electron chi connectivity index (χ4n) is 1.81. The van der Waals surface area contributed by atoms with E-state index >= 15 is 0 Å². The molecule has 0 radical (unpaired) electrons. The maximum atomic E-state index is 11.7. The number of aryl methyl sites for hydroxylation is 1. The maximum Gasteiger partial charge on any atom is 0.319 e. The maximum absolute atomic E-state index is 11.7. The number of anilines is 1. The summed E-state index contributed by atoms with van der Waals surface area (Å²) in [6.07, 6.45) is 1.93. The van der Waals surface area contributed by atoms with Gasteiger partial charge in [0.25, 0.3) is 0 Å². The first kappa shape index (κ1) is 13.9. The molecule has 0 aliphatic carbocycles. The van der Waals surface area contributed by atoms with E-state index in [0.717, 1.165) is 5.69 Å². The SMILES string of the molecule is CC(=O)c1ccc(NC(=O)NCc2cccn2C)cc1. The number of benzene rings is 1. The van der Waals surface area contributed by atoms with Crippen LogP contribution in [0.5, 0.6) is 0 Å². The Bertz CT molecular complexity index is 614. The molecule has 1 aromatic heterocycles. The molecule has 104 valence electrons. The number of Topliss-reactive ketones (excluding diaryl/α,β-unsaturated/α-hetero) is 1. The summed E-state index contributed by atoms with van der Waals surface area (Å²) in [6.45, 7) is 1.97. The topological polar surface area (TPSA) is 63.1 Å². The minimum Gasteiger partial charge on any atom is -0.353 e. The number of nitrogens with one attached hydrogen (secondary N) is 2. The molecule has 2 aromatic rings. The molecule has 2 rings (SSSR count). The van der Waals surface area contributed by atoms with Crippen molar-refractivity contribution < 1.29 is 9.59 Å². The van der Waals surface area contributed by atoms with Crippen LogP contribution in [-0.4, -0.2) is 16.4 Å². The first-order chi connectivity index (χ1) is 9.56. The standard InChI is InChI=1S/C15H17N3O2/c1-11(19)12-5-7-13(8-6-12)17-15(20)16-10-14-4-3-9-18(14)2/h3-9H,10H2,1-2H3,(H2,16,17,20). The average molecular weight is 271 g/mol. The van der Waals surface area contributed by atoms with Crippen molar-refractivity contribution in [3.63, 3.8) is 0 Å². The van der Waals surface area contributed by atoms with Crippen molar-refractivity contribution in [2.24, 2.45) is 7.05 Å². The van der Waals surface area contributed by atoms with Gasteiger partial charge < -0.3 is 15.2 Å². The Hall–Kier alpha value is -2.56. The highest BCUT2D eigenvalue weighted by atomic mass is 16.2. The molecule has 2 amide bonds. The number of carbonyl (C=O) groups is 2. The third-order valence-corrected chi connectivity index (χ3v) is 3.03. The smallest absolute Gasteiger partial charge is 0.319 e. The molecule has 0 saturated carbocycles. The molecule has 0 atom stereocenters. The average Bonchev–Trinajstić information content (AvgIpc) is 2.82. The third-order valence-electron chi connectivity index (χ3n) is 3.03. The Kier molecular flexibility index (Phi) is 4.20. The predicted octanol–water partition coefficient (Wildman–Crippen LogP) is 2.55. The monoisotopic (exact) mass is 271 g/mol. The number of ketones is 1. The molecule has 0 fully saturated rings. The van der Waals surface area contributed by atoms with Crippen molar-refractivity contribution >= 4 is 17.5 Å². The van der Waals surface area contributed by atoms with Crippen molar-refractivity contribution in [2.75, 3.05) is 5.32 Å². The van der Waals surface area contributed by atoms with Gasteiger partial charge in [0.05, 0.1) is 6.54 Å². The lowest BCUT2D eigenvalue weighted by atomic mass is 10.1. The van der Waals surface area contributed by atoms with E-state index in [1.165, 1.54) is 6.92 Å². The van der Waals surface area contributed by atoms with Crippen LogP contribution in [0.25, 0.3) is 0 Å². The summed E-state index contributed by atoms with van der Waals surface area (Å²) in [4.78, 5) is 22.9. The molecule has 0 unspecified atom stereocenters. The Labute approximate surface area is 117 Å². The fraction of sp³-hybridized carbons (Fsp3) is 0.200. The number of aromatic nitrogens is 1. The van der Waals surface area contributed by atoms with Gasteiger partial charge in [-0.2, -0.15) is 0 Å². The number of hydrogen-bond acceptors (Lipinski definition) is 2. The summed E-state index contributed by atoms with van der Waals surface area (Å²) < 4.78 is 1.95. The van der Waals surface area contributed by atoms with Crippen LogP contribution in [0.1, 0.15) is 23.0 Å². The van der Waals surface area contributed by atoms with E-state index in [1.807, 2.05) is 29.9 Å². The van der Waals surface area contributed by atoms with E-state index in [1.54, 1.807) is 24.3 Å². The lowest BCUT2D eigenvalue weighted by Gasteiger charge is -2.08. The quantitative estimate of drug-likeness (QED) is 0.839. The highest BCUT2D eigenvalue weighted by Gasteiger charge is 2.04. The Morgan fingerprint density at radius 2 is 1.85 bits per heavy atom. The summed E-state index contributed by atoms with van der Waals surface area (Å²) in [5.41, 5.74) is 2.30. The second-order valence-corrected chi connectivity index (χ2v) is 4.55. The number of hydrogen-bond donors (Lipinski definition) is 2. The van der Waals surface area contributed by atoms with Crippen LogP contribution in [0, 0.1) is 0 Å². The molecule has 0 aliphatic rings. The Morgan fingerprint density at radius 1 is 1.15 bits per heavy atom. The molecular formula is C15H17N3O2. The van der Waals surface area contributed by atoms with Gasteiger partial charge in [0, 0.05) is 30.2 Å². The highest BCUT2D eigenvalue weighted by molar-refractivity contribution is 5.95. The van der Waals surface area contributed by atoms with Crippen LogP contribution < -0.4 is 10.6 Å². The minimum absolute atomic E-state index is 0.00436. The zero-order valence-corrected chi connectivity index (χ0v) is 11.5. The molecule has 1 heterocycles. The molecule has 0 saturated heterocycles. The van der Waals surface area contributed by atoms with Gasteiger partial charge in [-0.3, -0.25) is 4.79 Å². The number of rotatable bonds is 4. The largest absolute Gasteiger partial charge is 0.353 e. The molecule has 2 N–H and O–H groups in total. The van der Waals surface area contributed by atoms with Crippen LogP contribution in [0.3, 0.4) is 0 Å². The highest BCUT2D eigenvalue weighted by Crippen LogP contribution is 2.10. The van der Waals surface area contributed by atoms with Gasteiger partial charge in [-0.05, 0) is 43.3 Å². The van der Waals surface area contributed by atoms with Gasteiger partial charge in [0.15, 0.2) is 5.78 Å². The van der Waals surface area contributed by atoms with Crippen molar-refractivity contribution in [1.29, 1.82) is 0 Å². The molecule has 5 nitrogen and oxygen atoms in total. The number of carbonyl (C=O) groups excluding carboxylic acids is 2. The number of urea groups is 1. The molecule has 0 aliphatic heterocycles. The van der Waals surface area contributed by atoms with E-state index in [0.29, 0.717) is 17.8 Å². The van der Waals surface area contributed by atoms with Crippen LogP contribution >= 0.6 is 0 Å². The molecule has 1 aromatic carbocycles.